The molecular formula is C13H20N4O2. The van der Waals surface area contributed by atoms with Gasteiger partial charge in [-0.2, -0.15) is 9.59 Å². The van der Waals surface area contributed by atoms with E-state index < -0.39 is 0 Å². The molecule has 0 aromatic carbocycles. The van der Waals surface area contributed by atoms with Crippen LogP contribution in [-0.2, 0) is 9.59 Å². The molecular weight excluding hydrogens is 244 g/mol. The summed E-state index contributed by atoms with van der Waals surface area (Å²) in [6.07, 6.45) is 4.15. The van der Waals surface area contributed by atoms with Crippen molar-refractivity contribution in [3.63, 3.8) is 0 Å². The van der Waals surface area contributed by atoms with Crippen LogP contribution in [0.15, 0.2) is 12.4 Å². The zero-order chi connectivity index (χ0) is 14.3. The molecule has 0 N–H and O–H groups in total. The second-order valence-corrected chi connectivity index (χ2v) is 4.84. The maximum atomic E-state index is 8.12. The van der Waals surface area contributed by atoms with E-state index >= 15 is 0 Å². The van der Waals surface area contributed by atoms with Crippen LogP contribution in [0.3, 0.4) is 0 Å². The Hall–Kier alpha value is -1.78. The molecule has 1 fully saturated rings. The summed E-state index contributed by atoms with van der Waals surface area (Å²) in [6.45, 7) is 8.56. The van der Waals surface area contributed by atoms with Crippen molar-refractivity contribution in [3.8, 4) is 0 Å². The maximum absolute atomic E-state index is 8.12. The summed E-state index contributed by atoms with van der Waals surface area (Å²) < 4.78 is 0. The van der Waals surface area contributed by atoms with Crippen LogP contribution in [-0.4, -0.2) is 54.2 Å². The summed E-state index contributed by atoms with van der Waals surface area (Å²) in [6, 6.07) is 0. The molecule has 1 aliphatic rings. The van der Waals surface area contributed by atoms with E-state index in [4.69, 9.17) is 9.59 Å². The summed E-state index contributed by atoms with van der Waals surface area (Å²) in [4.78, 5) is 29.7. The number of hydrogen-bond donors (Lipinski definition) is 0. The summed E-state index contributed by atoms with van der Waals surface area (Å²) in [5.74, 6) is 1.37. The fraction of sp³-hybridized carbons (Fsp3) is 0.615. The van der Waals surface area contributed by atoms with E-state index in [1.165, 1.54) is 5.56 Å². The fourth-order valence-corrected chi connectivity index (χ4v) is 1.80. The van der Waals surface area contributed by atoms with Gasteiger partial charge in [-0.25, -0.2) is 9.97 Å². The first-order chi connectivity index (χ1) is 9.08. The van der Waals surface area contributed by atoms with Crippen molar-refractivity contribution in [1.29, 1.82) is 0 Å². The lowest BCUT2D eigenvalue weighted by atomic mass is 10.1. The van der Waals surface area contributed by atoms with Crippen molar-refractivity contribution in [2.24, 2.45) is 0 Å². The van der Waals surface area contributed by atoms with Gasteiger partial charge in [0.15, 0.2) is 0 Å². The van der Waals surface area contributed by atoms with E-state index in [1.807, 2.05) is 12.4 Å². The lowest BCUT2D eigenvalue weighted by molar-refractivity contribution is -0.191. The maximum Gasteiger partial charge on any atom is 0.373 e. The molecule has 0 amide bonds. The third kappa shape index (κ3) is 4.77. The summed E-state index contributed by atoms with van der Waals surface area (Å²) in [5.41, 5.74) is 1.21. The van der Waals surface area contributed by atoms with E-state index in [2.05, 4.69) is 40.7 Å². The van der Waals surface area contributed by atoms with Crippen LogP contribution >= 0.6 is 0 Å². The molecule has 0 unspecified atom stereocenters. The number of aromatic nitrogens is 2. The zero-order valence-corrected chi connectivity index (χ0v) is 11.7. The quantitative estimate of drug-likeness (QED) is 0.786. The molecule has 1 aromatic rings. The van der Waals surface area contributed by atoms with Crippen LogP contribution < -0.4 is 4.90 Å². The Morgan fingerprint density at radius 2 is 1.58 bits per heavy atom. The third-order valence-electron chi connectivity index (χ3n) is 3.11. The predicted octanol–water partition coefficient (Wildman–Crippen LogP) is 0.768. The van der Waals surface area contributed by atoms with E-state index in [0.717, 1.165) is 32.1 Å². The van der Waals surface area contributed by atoms with E-state index in [-0.39, 0.29) is 6.15 Å². The summed E-state index contributed by atoms with van der Waals surface area (Å²) in [5, 5.41) is 0. The van der Waals surface area contributed by atoms with Gasteiger partial charge >= 0.3 is 6.15 Å². The standard InChI is InChI=1S/C12H20N4.CO2/c1-10(2)11-8-13-12(14-9-11)16-6-4-15(3)5-7-16;2-1-3/h8-10H,4-7H2,1-3H3;. The highest BCUT2D eigenvalue weighted by molar-refractivity contribution is 5.31. The van der Waals surface area contributed by atoms with Gasteiger partial charge in [0.25, 0.3) is 0 Å². The first-order valence-electron chi connectivity index (χ1n) is 6.33. The van der Waals surface area contributed by atoms with E-state index in [1.54, 1.807) is 0 Å². The number of piperazine rings is 1. The molecule has 0 radical (unpaired) electrons. The smallest absolute Gasteiger partial charge is 0.338 e. The van der Waals surface area contributed by atoms with Crippen LogP contribution in [0.4, 0.5) is 5.95 Å². The first-order valence-corrected chi connectivity index (χ1v) is 6.33. The molecule has 2 rings (SSSR count). The van der Waals surface area contributed by atoms with Gasteiger partial charge in [-0.1, -0.05) is 13.8 Å². The average molecular weight is 264 g/mol. The molecule has 0 atom stereocenters. The highest BCUT2D eigenvalue weighted by Gasteiger charge is 2.16. The Balaban J connectivity index is 0.000000550. The SMILES string of the molecule is CC(C)c1cnc(N2CCN(C)CC2)nc1.O=C=O. The first kappa shape index (κ1) is 15.3. The van der Waals surface area contributed by atoms with Crippen LogP contribution in [0, 0.1) is 0 Å². The minimum atomic E-state index is 0.250. The minimum absolute atomic E-state index is 0.250. The number of rotatable bonds is 2. The number of likely N-dealkylation sites (N-methyl/N-ethyl adjacent to an activating group) is 1. The second-order valence-electron chi connectivity index (χ2n) is 4.84. The van der Waals surface area contributed by atoms with Crippen LogP contribution in [0.1, 0.15) is 25.3 Å². The molecule has 104 valence electrons. The molecule has 0 bridgehead atoms. The Morgan fingerprint density at radius 1 is 1.11 bits per heavy atom. The number of hydrogen-bond acceptors (Lipinski definition) is 6. The monoisotopic (exact) mass is 264 g/mol. The van der Waals surface area contributed by atoms with Gasteiger partial charge in [0.2, 0.25) is 5.95 Å². The molecule has 0 saturated carbocycles. The van der Waals surface area contributed by atoms with Gasteiger partial charge in [-0.15, -0.1) is 0 Å². The zero-order valence-electron chi connectivity index (χ0n) is 11.7. The molecule has 1 saturated heterocycles. The summed E-state index contributed by atoms with van der Waals surface area (Å²) in [7, 11) is 2.15. The Labute approximate surface area is 113 Å². The van der Waals surface area contributed by atoms with Crippen LogP contribution in [0.25, 0.3) is 0 Å². The lowest BCUT2D eigenvalue weighted by Crippen LogP contribution is -2.45. The Morgan fingerprint density at radius 3 is 2.00 bits per heavy atom. The molecule has 6 heteroatoms. The normalized spacial score (nSPS) is 15.7. The van der Waals surface area contributed by atoms with Gasteiger partial charge < -0.3 is 9.80 Å². The molecule has 1 aromatic heterocycles. The number of nitrogens with zero attached hydrogens (tertiary/aromatic N) is 4. The predicted molar refractivity (Wildman–Crippen MR) is 70.8 cm³/mol. The van der Waals surface area contributed by atoms with E-state index in [9.17, 15) is 0 Å². The van der Waals surface area contributed by atoms with Gasteiger partial charge in [-0.05, 0) is 18.5 Å². The third-order valence-corrected chi connectivity index (χ3v) is 3.11. The molecule has 0 aliphatic carbocycles. The van der Waals surface area contributed by atoms with Gasteiger partial charge in [0.05, 0.1) is 0 Å². The van der Waals surface area contributed by atoms with Crippen molar-refractivity contribution in [2.75, 3.05) is 38.1 Å². The number of carbonyl (C=O) groups excluding carboxylic acids is 2. The van der Waals surface area contributed by atoms with Crippen molar-refractivity contribution in [3.05, 3.63) is 18.0 Å². The fourth-order valence-electron chi connectivity index (χ4n) is 1.80. The molecule has 19 heavy (non-hydrogen) atoms. The van der Waals surface area contributed by atoms with Crippen molar-refractivity contribution >= 4 is 12.1 Å². The molecule has 2 heterocycles. The molecule has 0 spiro atoms. The highest BCUT2D eigenvalue weighted by Crippen LogP contribution is 2.15. The summed E-state index contributed by atoms with van der Waals surface area (Å²) >= 11 is 0. The average Bonchev–Trinajstić information content (AvgIpc) is 2.41. The minimum Gasteiger partial charge on any atom is -0.338 e. The van der Waals surface area contributed by atoms with Crippen molar-refractivity contribution in [2.45, 2.75) is 19.8 Å². The molecule has 1 aliphatic heterocycles. The van der Waals surface area contributed by atoms with E-state index in [0.29, 0.717) is 5.92 Å². The Kier molecular flexibility index (Phi) is 6.12. The number of anilines is 1. The lowest BCUT2D eigenvalue weighted by Gasteiger charge is -2.32. The topological polar surface area (TPSA) is 66.4 Å². The van der Waals surface area contributed by atoms with Crippen molar-refractivity contribution in [1.82, 2.24) is 14.9 Å². The molecule has 6 nitrogen and oxygen atoms in total. The van der Waals surface area contributed by atoms with Gasteiger partial charge in [0.1, 0.15) is 0 Å². The van der Waals surface area contributed by atoms with Gasteiger partial charge in [0, 0.05) is 38.6 Å². The largest absolute Gasteiger partial charge is 0.373 e. The Bertz CT molecular complexity index is 405. The van der Waals surface area contributed by atoms with Crippen LogP contribution in [0.5, 0.6) is 0 Å². The van der Waals surface area contributed by atoms with Crippen LogP contribution in [0.2, 0.25) is 0 Å². The van der Waals surface area contributed by atoms with Crippen molar-refractivity contribution < 1.29 is 9.59 Å². The highest BCUT2D eigenvalue weighted by atomic mass is 16.2. The van der Waals surface area contributed by atoms with Gasteiger partial charge in [-0.3, -0.25) is 0 Å². The second kappa shape index (κ2) is 7.61.